The maximum Gasteiger partial charge on any atom is 0.0447 e. The molecule has 1 aliphatic rings. The summed E-state index contributed by atoms with van der Waals surface area (Å²) >= 11 is 0. The Labute approximate surface area is 73.8 Å². The lowest BCUT2D eigenvalue weighted by molar-refractivity contribution is 0.864. The monoisotopic (exact) mass is 161 g/mol. The van der Waals surface area contributed by atoms with Crippen molar-refractivity contribution in [3.8, 4) is 0 Å². The molecule has 1 unspecified atom stereocenters. The Morgan fingerprint density at radius 2 is 1.83 bits per heavy atom. The van der Waals surface area contributed by atoms with E-state index in [4.69, 9.17) is 0 Å². The Bertz CT molecular complexity index is 236. The molecule has 0 saturated carbocycles. The molecule has 1 aliphatic heterocycles. The summed E-state index contributed by atoms with van der Waals surface area (Å²) in [5, 5.41) is 3.30. The van der Waals surface area contributed by atoms with E-state index in [1.165, 1.54) is 11.1 Å². The van der Waals surface area contributed by atoms with E-state index in [0.29, 0.717) is 12.0 Å². The Hall–Kier alpha value is -0.820. The molecule has 1 heterocycles. The van der Waals surface area contributed by atoms with Gasteiger partial charge >= 0.3 is 0 Å². The summed E-state index contributed by atoms with van der Waals surface area (Å²) in [4.78, 5) is 0. The first-order valence-electron chi connectivity index (χ1n) is 4.60. The average Bonchev–Trinajstić information content (AvgIpc) is 2.87. The predicted molar refractivity (Wildman–Crippen MR) is 51.3 cm³/mol. The molecular weight excluding hydrogens is 146 g/mol. The van der Waals surface area contributed by atoms with Gasteiger partial charge in [-0.2, -0.15) is 0 Å². The van der Waals surface area contributed by atoms with Gasteiger partial charge in [-0.25, -0.2) is 0 Å². The normalized spacial score (nSPS) is 21.4. The summed E-state index contributed by atoms with van der Waals surface area (Å²) in [7, 11) is 0. The summed E-state index contributed by atoms with van der Waals surface area (Å²) < 4.78 is 0. The third-order valence-corrected chi connectivity index (χ3v) is 2.41. The van der Waals surface area contributed by atoms with Crippen molar-refractivity contribution in [2.45, 2.75) is 25.8 Å². The lowest BCUT2D eigenvalue weighted by Crippen LogP contribution is -1.89. The summed E-state index contributed by atoms with van der Waals surface area (Å²) in [6.07, 6.45) is 0. The first-order chi connectivity index (χ1) is 5.77. The maximum atomic E-state index is 3.30. The summed E-state index contributed by atoms with van der Waals surface area (Å²) in [5.74, 6) is 0.645. The van der Waals surface area contributed by atoms with Crippen molar-refractivity contribution in [2.24, 2.45) is 0 Å². The van der Waals surface area contributed by atoms with Crippen molar-refractivity contribution in [3.05, 3.63) is 35.4 Å². The van der Waals surface area contributed by atoms with Crippen LogP contribution in [0.3, 0.4) is 0 Å². The van der Waals surface area contributed by atoms with Crippen molar-refractivity contribution in [1.82, 2.24) is 5.32 Å². The van der Waals surface area contributed by atoms with Crippen LogP contribution in [0.25, 0.3) is 0 Å². The zero-order chi connectivity index (χ0) is 8.55. The van der Waals surface area contributed by atoms with Crippen molar-refractivity contribution in [1.29, 1.82) is 0 Å². The average molecular weight is 161 g/mol. The number of rotatable bonds is 2. The van der Waals surface area contributed by atoms with Crippen molar-refractivity contribution >= 4 is 0 Å². The van der Waals surface area contributed by atoms with Crippen LogP contribution in [0.5, 0.6) is 0 Å². The van der Waals surface area contributed by atoms with Crippen LogP contribution in [0, 0.1) is 0 Å². The van der Waals surface area contributed by atoms with Crippen LogP contribution in [0.15, 0.2) is 24.3 Å². The fourth-order valence-electron chi connectivity index (χ4n) is 1.41. The van der Waals surface area contributed by atoms with Gasteiger partial charge in [0.2, 0.25) is 0 Å². The van der Waals surface area contributed by atoms with E-state index in [-0.39, 0.29) is 0 Å². The largest absolute Gasteiger partial charge is 0.307 e. The van der Waals surface area contributed by atoms with Gasteiger partial charge < -0.3 is 5.32 Å². The molecule has 1 nitrogen and oxygen atoms in total. The number of hydrogen-bond acceptors (Lipinski definition) is 1. The third kappa shape index (κ3) is 1.51. The molecule has 12 heavy (non-hydrogen) atoms. The smallest absolute Gasteiger partial charge is 0.0447 e. The molecule has 1 heteroatoms. The van der Waals surface area contributed by atoms with Gasteiger partial charge in [0, 0.05) is 12.6 Å². The summed E-state index contributed by atoms with van der Waals surface area (Å²) in [6.45, 7) is 5.61. The van der Waals surface area contributed by atoms with Crippen LogP contribution in [0.4, 0.5) is 0 Å². The second kappa shape index (κ2) is 2.91. The molecule has 0 aromatic heterocycles. The third-order valence-electron chi connectivity index (χ3n) is 2.41. The SMILES string of the molecule is CC(C)c1ccc(C2CN2)cc1. The first-order valence-corrected chi connectivity index (χ1v) is 4.60. The second-order valence-electron chi connectivity index (χ2n) is 3.78. The second-order valence-corrected chi connectivity index (χ2v) is 3.78. The lowest BCUT2D eigenvalue weighted by atomic mass is 10.0. The number of nitrogens with one attached hydrogen (secondary N) is 1. The van der Waals surface area contributed by atoms with Gasteiger partial charge in [-0.1, -0.05) is 38.1 Å². The molecule has 1 aromatic rings. The van der Waals surface area contributed by atoms with E-state index in [0.717, 1.165) is 6.54 Å². The van der Waals surface area contributed by atoms with Crippen LogP contribution >= 0.6 is 0 Å². The molecule has 1 fully saturated rings. The van der Waals surface area contributed by atoms with E-state index >= 15 is 0 Å². The van der Waals surface area contributed by atoms with Gasteiger partial charge in [0.1, 0.15) is 0 Å². The molecule has 64 valence electrons. The highest BCUT2D eigenvalue weighted by Gasteiger charge is 2.21. The molecule has 0 spiro atoms. The van der Waals surface area contributed by atoms with Crippen LogP contribution in [-0.2, 0) is 0 Å². The van der Waals surface area contributed by atoms with E-state index in [1.54, 1.807) is 0 Å². The predicted octanol–water partition coefficient (Wildman–Crippen LogP) is 2.45. The molecule has 0 bridgehead atoms. The van der Waals surface area contributed by atoms with Gasteiger partial charge in [0.15, 0.2) is 0 Å². The molecule has 0 amide bonds. The van der Waals surface area contributed by atoms with Crippen LogP contribution < -0.4 is 5.32 Å². The molecule has 2 rings (SSSR count). The van der Waals surface area contributed by atoms with E-state index in [1.807, 2.05) is 0 Å². The molecule has 1 atom stereocenters. The minimum atomic E-state index is 0.645. The van der Waals surface area contributed by atoms with Gasteiger partial charge in [0.25, 0.3) is 0 Å². The Balaban J connectivity index is 2.18. The standard InChI is InChI=1S/C11H15N/c1-8(2)9-3-5-10(6-4-9)11-7-12-11/h3-6,8,11-12H,7H2,1-2H3. The van der Waals surface area contributed by atoms with Crippen molar-refractivity contribution in [2.75, 3.05) is 6.54 Å². The van der Waals surface area contributed by atoms with Gasteiger partial charge in [-0.15, -0.1) is 0 Å². The van der Waals surface area contributed by atoms with Gasteiger partial charge in [-0.3, -0.25) is 0 Å². The van der Waals surface area contributed by atoms with E-state index < -0.39 is 0 Å². The Kier molecular flexibility index (Phi) is 1.89. The highest BCUT2D eigenvalue weighted by molar-refractivity contribution is 5.29. The molecular formula is C11H15N. The van der Waals surface area contributed by atoms with Crippen LogP contribution in [0.1, 0.15) is 36.9 Å². The number of benzene rings is 1. The van der Waals surface area contributed by atoms with Crippen LogP contribution in [-0.4, -0.2) is 6.54 Å². The van der Waals surface area contributed by atoms with E-state index in [9.17, 15) is 0 Å². The quantitative estimate of drug-likeness (QED) is 0.661. The molecule has 0 radical (unpaired) electrons. The zero-order valence-corrected chi connectivity index (χ0v) is 7.67. The minimum Gasteiger partial charge on any atom is -0.307 e. The molecule has 1 aromatic carbocycles. The number of hydrogen-bond donors (Lipinski definition) is 1. The highest BCUT2D eigenvalue weighted by Crippen LogP contribution is 2.23. The van der Waals surface area contributed by atoms with Gasteiger partial charge in [0.05, 0.1) is 0 Å². The van der Waals surface area contributed by atoms with Crippen LogP contribution in [0.2, 0.25) is 0 Å². The van der Waals surface area contributed by atoms with E-state index in [2.05, 4.69) is 43.4 Å². The highest BCUT2D eigenvalue weighted by atomic mass is 15.1. The zero-order valence-electron chi connectivity index (χ0n) is 7.67. The van der Waals surface area contributed by atoms with Gasteiger partial charge in [-0.05, 0) is 17.0 Å². The molecule has 1 N–H and O–H groups in total. The summed E-state index contributed by atoms with van der Waals surface area (Å²) in [6, 6.07) is 9.59. The molecule has 1 saturated heterocycles. The minimum absolute atomic E-state index is 0.645. The Morgan fingerprint density at radius 3 is 2.25 bits per heavy atom. The first kappa shape index (κ1) is 7.81. The topological polar surface area (TPSA) is 21.9 Å². The molecule has 0 aliphatic carbocycles. The Morgan fingerprint density at radius 1 is 1.25 bits per heavy atom. The fourth-order valence-corrected chi connectivity index (χ4v) is 1.41. The maximum absolute atomic E-state index is 3.30. The van der Waals surface area contributed by atoms with Crippen molar-refractivity contribution < 1.29 is 0 Å². The fraction of sp³-hybridized carbons (Fsp3) is 0.455. The lowest BCUT2D eigenvalue weighted by Gasteiger charge is -2.05. The summed E-state index contributed by atoms with van der Waals surface area (Å²) in [5.41, 5.74) is 2.86. The van der Waals surface area contributed by atoms with Crippen molar-refractivity contribution in [3.63, 3.8) is 0 Å².